The van der Waals surface area contributed by atoms with Crippen LogP contribution >= 0.6 is 0 Å². The first-order valence-electron chi connectivity index (χ1n) is 6.54. The molecule has 98 valence electrons. The zero-order valence-electron chi connectivity index (χ0n) is 10.8. The summed E-state index contributed by atoms with van der Waals surface area (Å²) in [6.07, 6.45) is 5.45. The predicted molar refractivity (Wildman–Crippen MR) is 65.7 cm³/mol. The molecule has 4 nitrogen and oxygen atoms in total. The van der Waals surface area contributed by atoms with Gasteiger partial charge in [0.1, 0.15) is 0 Å². The lowest BCUT2D eigenvalue weighted by atomic mass is 9.88. The lowest BCUT2D eigenvalue weighted by molar-refractivity contribution is -0.141. The van der Waals surface area contributed by atoms with Crippen molar-refractivity contribution in [3.8, 4) is 0 Å². The molecule has 1 aliphatic carbocycles. The molecular weight excluding hydrogens is 218 g/mol. The third kappa shape index (κ3) is 4.36. The Hall–Kier alpha value is -1.06. The summed E-state index contributed by atoms with van der Waals surface area (Å²) in [7, 11) is 0. The third-order valence-electron chi connectivity index (χ3n) is 3.43. The molecule has 17 heavy (non-hydrogen) atoms. The van der Waals surface area contributed by atoms with Gasteiger partial charge in [0.2, 0.25) is 5.91 Å². The van der Waals surface area contributed by atoms with Crippen LogP contribution in [0.1, 0.15) is 52.4 Å². The van der Waals surface area contributed by atoms with E-state index in [2.05, 4.69) is 0 Å². The van der Waals surface area contributed by atoms with E-state index in [9.17, 15) is 9.59 Å². The van der Waals surface area contributed by atoms with Crippen LogP contribution in [-0.4, -0.2) is 34.5 Å². The maximum Gasteiger partial charge on any atom is 0.305 e. The number of carboxylic acid groups (broad SMARTS) is 1. The highest BCUT2D eigenvalue weighted by Crippen LogP contribution is 2.26. The summed E-state index contributed by atoms with van der Waals surface area (Å²) >= 11 is 0. The summed E-state index contributed by atoms with van der Waals surface area (Å²) in [5, 5.41) is 8.70. The zero-order valence-corrected chi connectivity index (χ0v) is 10.8. The van der Waals surface area contributed by atoms with Crippen molar-refractivity contribution >= 4 is 11.9 Å². The molecular formula is C13H23NO3. The summed E-state index contributed by atoms with van der Waals surface area (Å²) in [5.41, 5.74) is 0. The van der Waals surface area contributed by atoms with E-state index in [1.807, 2.05) is 13.8 Å². The number of carbonyl (C=O) groups excluding carboxylic acids is 1. The van der Waals surface area contributed by atoms with Crippen molar-refractivity contribution in [2.24, 2.45) is 5.92 Å². The lowest BCUT2D eigenvalue weighted by Gasteiger charge is -2.31. The summed E-state index contributed by atoms with van der Waals surface area (Å²) in [6.45, 7) is 4.23. The minimum atomic E-state index is -0.841. The van der Waals surface area contributed by atoms with Gasteiger partial charge < -0.3 is 10.0 Å². The van der Waals surface area contributed by atoms with Crippen LogP contribution in [0.25, 0.3) is 0 Å². The Morgan fingerprint density at radius 2 is 1.82 bits per heavy atom. The van der Waals surface area contributed by atoms with Crippen molar-refractivity contribution in [2.75, 3.05) is 6.54 Å². The number of amides is 1. The molecule has 0 saturated heterocycles. The van der Waals surface area contributed by atoms with Gasteiger partial charge in [-0.2, -0.15) is 0 Å². The molecule has 1 fully saturated rings. The Bertz CT molecular complexity index is 270. The Morgan fingerprint density at radius 3 is 2.29 bits per heavy atom. The van der Waals surface area contributed by atoms with Gasteiger partial charge in [-0.25, -0.2) is 0 Å². The highest BCUT2D eigenvalue weighted by atomic mass is 16.4. The maximum atomic E-state index is 12.3. The molecule has 1 amide bonds. The van der Waals surface area contributed by atoms with Crippen molar-refractivity contribution in [1.82, 2.24) is 4.90 Å². The topological polar surface area (TPSA) is 57.6 Å². The SMILES string of the molecule is CC(C)N(CCC(=O)O)C(=O)C1CCCCC1. The predicted octanol–water partition coefficient (Wildman–Crippen LogP) is 2.28. The van der Waals surface area contributed by atoms with Gasteiger partial charge >= 0.3 is 5.97 Å². The Kier molecular flexibility index (Phi) is 5.45. The molecule has 1 aliphatic rings. The van der Waals surface area contributed by atoms with Crippen LogP contribution in [0.15, 0.2) is 0 Å². The van der Waals surface area contributed by atoms with Crippen molar-refractivity contribution in [1.29, 1.82) is 0 Å². The lowest BCUT2D eigenvalue weighted by Crippen LogP contribution is -2.42. The summed E-state index contributed by atoms with van der Waals surface area (Å²) in [6, 6.07) is 0.0868. The molecule has 1 N–H and O–H groups in total. The van der Waals surface area contributed by atoms with Crippen LogP contribution in [0.2, 0.25) is 0 Å². The molecule has 0 aromatic heterocycles. The number of hydrogen-bond donors (Lipinski definition) is 1. The second-order valence-corrected chi connectivity index (χ2v) is 5.10. The molecule has 0 heterocycles. The molecule has 0 atom stereocenters. The van der Waals surface area contributed by atoms with Gasteiger partial charge in [0, 0.05) is 18.5 Å². The van der Waals surface area contributed by atoms with Crippen molar-refractivity contribution in [3.63, 3.8) is 0 Å². The Morgan fingerprint density at radius 1 is 1.24 bits per heavy atom. The third-order valence-corrected chi connectivity index (χ3v) is 3.43. The van der Waals surface area contributed by atoms with Crippen LogP contribution in [-0.2, 0) is 9.59 Å². The summed E-state index contributed by atoms with van der Waals surface area (Å²) < 4.78 is 0. The molecule has 0 radical (unpaired) electrons. The second kappa shape index (κ2) is 6.62. The van der Waals surface area contributed by atoms with Gasteiger partial charge in [-0.3, -0.25) is 9.59 Å². The van der Waals surface area contributed by atoms with Gasteiger partial charge in [0.05, 0.1) is 6.42 Å². The first-order chi connectivity index (χ1) is 8.02. The highest BCUT2D eigenvalue weighted by Gasteiger charge is 2.27. The molecule has 1 rings (SSSR count). The van der Waals surface area contributed by atoms with E-state index in [1.54, 1.807) is 4.90 Å². The van der Waals surface area contributed by atoms with E-state index in [4.69, 9.17) is 5.11 Å². The standard InChI is InChI=1S/C13H23NO3/c1-10(2)14(9-8-12(15)16)13(17)11-6-4-3-5-7-11/h10-11H,3-9H2,1-2H3,(H,15,16). The van der Waals surface area contributed by atoms with Crippen LogP contribution < -0.4 is 0 Å². The van der Waals surface area contributed by atoms with Crippen LogP contribution in [0, 0.1) is 5.92 Å². The number of aliphatic carboxylic acids is 1. The fraction of sp³-hybridized carbons (Fsp3) is 0.846. The van der Waals surface area contributed by atoms with E-state index in [-0.39, 0.29) is 24.3 Å². The molecule has 0 bridgehead atoms. The van der Waals surface area contributed by atoms with Gasteiger partial charge in [0.25, 0.3) is 0 Å². The fourth-order valence-corrected chi connectivity index (χ4v) is 2.42. The summed E-state index contributed by atoms with van der Waals surface area (Å²) in [4.78, 5) is 24.6. The zero-order chi connectivity index (χ0) is 12.8. The second-order valence-electron chi connectivity index (χ2n) is 5.10. The number of rotatable bonds is 5. The number of nitrogens with zero attached hydrogens (tertiary/aromatic N) is 1. The van der Waals surface area contributed by atoms with Crippen molar-refractivity contribution in [3.05, 3.63) is 0 Å². The van der Waals surface area contributed by atoms with Crippen LogP contribution in [0.3, 0.4) is 0 Å². The normalized spacial score (nSPS) is 17.1. The molecule has 0 aliphatic heterocycles. The van der Waals surface area contributed by atoms with Crippen molar-refractivity contribution in [2.45, 2.75) is 58.4 Å². The Balaban J connectivity index is 2.55. The monoisotopic (exact) mass is 241 g/mol. The largest absolute Gasteiger partial charge is 0.481 e. The minimum Gasteiger partial charge on any atom is -0.481 e. The molecule has 0 aromatic carbocycles. The average molecular weight is 241 g/mol. The van der Waals surface area contributed by atoms with E-state index >= 15 is 0 Å². The first-order valence-corrected chi connectivity index (χ1v) is 6.54. The molecule has 0 aromatic rings. The van der Waals surface area contributed by atoms with Gasteiger partial charge in [-0.15, -0.1) is 0 Å². The van der Waals surface area contributed by atoms with E-state index in [1.165, 1.54) is 6.42 Å². The average Bonchev–Trinajstić information content (AvgIpc) is 2.29. The fourth-order valence-electron chi connectivity index (χ4n) is 2.42. The molecule has 4 heteroatoms. The molecule has 1 saturated carbocycles. The van der Waals surface area contributed by atoms with Gasteiger partial charge in [-0.1, -0.05) is 19.3 Å². The number of carboxylic acids is 1. The highest BCUT2D eigenvalue weighted by molar-refractivity contribution is 5.79. The van der Waals surface area contributed by atoms with Crippen LogP contribution in [0.5, 0.6) is 0 Å². The van der Waals surface area contributed by atoms with E-state index in [0.29, 0.717) is 6.54 Å². The molecule has 0 unspecified atom stereocenters. The molecule has 0 spiro atoms. The number of hydrogen-bond acceptors (Lipinski definition) is 2. The maximum absolute atomic E-state index is 12.3. The van der Waals surface area contributed by atoms with Crippen molar-refractivity contribution < 1.29 is 14.7 Å². The smallest absolute Gasteiger partial charge is 0.305 e. The Labute approximate surface area is 103 Å². The van der Waals surface area contributed by atoms with E-state index in [0.717, 1.165) is 25.7 Å². The quantitative estimate of drug-likeness (QED) is 0.803. The first kappa shape index (κ1) is 14.0. The minimum absolute atomic E-state index is 0.0383. The van der Waals surface area contributed by atoms with Gasteiger partial charge in [0.15, 0.2) is 0 Å². The summed E-state index contributed by atoms with van der Waals surface area (Å²) in [5.74, 6) is -0.562. The number of carbonyl (C=O) groups is 2. The van der Waals surface area contributed by atoms with E-state index < -0.39 is 5.97 Å². The van der Waals surface area contributed by atoms with Crippen LogP contribution in [0.4, 0.5) is 0 Å². The van der Waals surface area contributed by atoms with Gasteiger partial charge in [-0.05, 0) is 26.7 Å².